The fourth-order valence-electron chi connectivity index (χ4n) is 2.18. The summed E-state index contributed by atoms with van der Waals surface area (Å²) in [5.74, 6) is 0.190. The number of ketones is 1. The number of aryl methyl sites for hydroxylation is 1. The number of nitrogens with zero attached hydrogens (tertiary/aromatic N) is 1. The number of carbonyl (C=O) groups is 1. The van der Waals surface area contributed by atoms with Crippen molar-refractivity contribution in [3.05, 3.63) is 65.2 Å². The van der Waals surface area contributed by atoms with E-state index in [1.165, 1.54) is 11.1 Å². The molecule has 0 amide bonds. The van der Waals surface area contributed by atoms with Gasteiger partial charge in [0.2, 0.25) is 0 Å². The highest BCUT2D eigenvalue weighted by molar-refractivity contribution is 5.96. The van der Waals surface area contributed by atoms with Gasteiger partial charge in [0, 0.05) is 31.3 Å². The van der Waals surface area contributed by atoms with Crippen molar-refractivity contribution in [2.75, 3.05) is 11.9 Å². The lowest BCUT2D eigenvalue weighted by Crippen LogP contribution is -2.16. The molecule has 0 aliphatic rings. The predicted octanol–water partition coefficient (Wildman–Crippen LogP) is 4.65. The highest BCUT2D eigenvalue weighted by atomic mass is 35.5. The highest BCUT2D eigenvalue weighted by Crippen LogP contribution is 2.18. The van der Waals surface area contributed by atoms with Crippen LogP contribution in [0.15, 0.2) is 48.5 Å². The molecule has 0 unspecified atom stereocenters. The molecule has 0 saturated carbocycles. The number of benzene rings is 2. The number of carbonyl (C=O) groups excluding carboxylic acids is 1. The third-order valence-electron chi connectivity index (χ3n) is 3.47. The van der Waals surface area contributed by atoms with Crippen LogP contribution < -0.4 is 4.90 Å². The Hall–Kier alpha value is -1.80. The van der Waals surface area contributed by atoms with Gasteiger partial charge >= 0.3 is 0 Å². The second kappa shape index (κ2) is 7.84. The lowest BCUT2D eigenvalue weighted by Gasteiger charge is -2.20. The average molecular weight is 304 g/mol. The summed E-state index contributed by atoms with van der Waals surface area (Å²) in [6.07, 6.45) is 0.547. The molecule has 2 rings (SSSR count). The topological polar surface area (TPSA) is 20.3 Å². The summed E-state index contributed by atoms with van der Waals surface area (Å²) in [5, 5.41) is 0. The van der Waals surface area contributed by atoms with Crippen LogP contribution >= 0.6 is 12.4 Å². The van der Waals surface area contributed by atoms with E-state index < -0.39 is 0 Å². The summed E-state index contributed by atoms with van der Waals surface area (Å²) in [5.41, 5.74) is 4.41. The quantitative estimate of drug-likeness (QED) is 0.750. The van der Waals surface area contributed by atoms with Gasteiger partial charge in [0.05, 0.1) is 0 Å². The van der Waals surface area contributed by atoms with E-state index >= 15 is 0 Å². The van der Waals surface area contributed by atoms with Crippen molar-refractivity contribution in [1.82, 2.24) is 0 Å². The zero-order chi connectivity index (χ0) is 14.5. The van der Waals surface area contributed by atoms with E-state index in [4.69, 9.17) is 0 Å². The summed E-state index contributed by atoms with van der Waals surface area (Å²) in [7, 11) is 2.05. The molecule has 0 fully saturated rings. The van der Waals surface area contributed by atoms with E-state index in [1.807, 2.05) is 31.2 Å². The van der Waals surface area contributed by atoms with Crippen LogP contribution in [-0.4, -0.2) is 12.8 Å². The molecule has 0 radical (unpaired) electrons. The van der Waals surface area contributed by atoms with Gasteiger partial charge in [-0.1, -0.05) is 48.9 Å². The summed E-state index contributed by atoms with van der Waals surface area (Å²) in [4.78, 5) is 13.9. The molecule has 0 aromatic heterocycles. The Kier molecular flexibility index (Phi) is 6.44. The second-order valence-corrected chi connectivity index (χ2v) is 5.17. The van der Waals surface area contributed by atoms with Crippen molar-refractivity contribution in [2.45, 2.75) is 26.8 Å². The first-order chi connectivity index (χ1) is 9.60. The van der Waals surface area contributed by atoms with Crippen molar-refractivity contribution in [1.29, 1.82) is 0 Å². The van der Waals surface area contributed by atoms with Gasteiger partial charge in [0.1, 0.15) is 0 Å². The van der Waals surface area contributed by atoms with Crippen molar-refractivity contribution < 1.29 is 4.79 Å². The third-order valence-corrected chi connectivity index (χ3v) is 3.47. The molecule has 0 atom stereocenters. The maximum absolute atomic E-state index is 11.8. The van der Waals surface area contributed by atoms with Crippen molar-refractivity contribution in [3.8, 4) is 0 Å². The van der Waals surface area contributed by atoms with E-state index in [9.17, 15) is 4.79 Å². The van der Waals surface area contributed by atoms with Gasteiger partial charge in [0.25, 0.3) is 0 Å². The van der Waals surface area contributed by atoms with Gasteiger partial charge in [-0.05, 0) is 24.6 Å². The first kappa shape index (κ1) is 17.3. The van der Waals surface area contributed by atoms with E-state index in [0.717, 1.165) is 17.8 Å². The molecule has 0 aliphatic carbocycles. The molecule has 112 valence electrons. The Morgan fingerprint density at radius 2 is 1.76 bits per heavy atom. The van der Waals surface area contributed by atoms with Gasteiger partial charge < -0.3 is 4.90 Å². The lowest BCUT2D eigenvalue weighted by atomic mass is 10.1. The number of hydrogen-bond donors (Lipinski definition) is 0. The minimum Gasteiger partial charge on any atom is -0.370 e. The molecule has 0 heterocycles. The summed E-state index contributed by atoms with van der Waals surface area (Å²) < 4.78 is 0. The SMILES string of the molecule is CCC(=O)c1cccc(N(C)Cc2ccc(C)cc2)c1.Cl. The molecular formula is C18H22ClNO. The van der Waals surface area contributed by atoms with Crippen LogP contribution in [0.1, 0.15) is 34.8 Å². The smallest absolute Gasteiger partial charge is 0.162 e. The van der Waals surface area contributed by atoms with Gasteiger partial charge in [0.15, 0.2) is 5.78 Å². The molecule has 2 nitrogen and oxygen atoms in total. The largest absolute Gasteiger partial charge is 0.370 e. The van der Waals surface area contributed by atoms with Gasteiger partial charge in [-0.25, -0.2) is 0 Å². The number of Topliss-reactive ketones (excluding diaryl/α,β-unsaturated/α-hetero) is 1. The van der Waals surface area contributed by atoms with Gasteiger partial charge in [-0.2, -0.15) is 0 Å². The van der Waals surface area contributed by atoms with E-state index in [-0.39, 0.29) is 18.2 Å². The molecule has 0 N–H and O–H groups in total. The van der Waals surface area contributed by atoms with Crippen molar-refractivity contribution >= 4 is 23.9 Å². The zero-order valence-corrected chi connectivity index (χ0v) is 13.6. The van der Waals surface area contributed by atoms with Crippen LogP contribution in [0.3, 0.4) is 0 Å². The molecule has 0 saturated heterocycles. The number of hydrogen-bond acceptors (Lipinski definition) is 2. The normalized spacial score (nSPS) is 9.86. The monoisotopic (exact) mass is 303 g/mol. The van der Waals surface area contributed by atoms with Crippen LogP contribution in [0.2, 0.25) is 0 Å². The Labute approximate surface area is 133 Å². The summed E-state index contributed by atoms with van der Waals surface area (Å²) in [6.45, 7) is 4.82. The van der Waals surface area contributed by atoms with Gasteiger partial charge in [-0.15, -0.1) is 12.4 Å². The standard InChI is InChI=1S/C18H21NO.ClH/c1-4-18(20)16-6-5-7-17(12-16)19(3)13-15-10-8-14(2)9-11-15;/h5-12H,4,13H2,1-3H3;1H. The first-order valence-electron chi connectivity index (χ1n) is 7.00. The molecule has 0 bridgehead atoms. The molecule has 2 aromatic carbocycles. The summed E-state index contributed by atoms with van der Waals surface area (Å²) >= 11 is 0. The minimum atomic E-state index is 0. The Balaban J connectivity index is 0.00000220. The Morgan fingerprint density at radius 1 is 1.10 bits per heavy atom. The van der Waals surface area contributed by atoms with Gasteiger partial charge in [-0.3, -0.25) is 4.79 Å². The molecule has 2 aromatic rings. The molecule has 0 spiro atoms. The lowest BCUT2D eigenvalue weighted by molar-refractivity contribution is 0.0988. The molecule has 3 heteroatoms. The first-order valence-corrected chi connectivity index (χ1v) is 7.00. The van der Waals surface area contributed by atoms with Crippen molar-refractivity contribution in [2.24, 2.45) is 0 Å². The van der Waals surface area contributed by atoms with Crippen LogP contribution in [0.5, 0.6) is 0 Å². The fraction of sp³-hybridized carbons (Fsp3) is 0.278. The maximum atomic E-state index is 11.8. The minimum absolute atomic E-state index is 0. The molecule has 0 aliphatic heterocycles. The Morgan fingerprint density at radius 3 is 2.38 bits per heavy atom. The fourth-order valence-corrected chi connectivity index (χ4v) is 2.18. The Bertz CT molecular complexity index is 592. The maximum Gasteiger partial charge on any atom is 0.162 e. The predicted molar refractivity (Wildman–Crippen MR) is 91.6 cm³/mol. The summed E-state index contributed by atoms with van der Waals surface area (Å²) in [6, 6.07) is 16.4. The van der Waals surface area contributed by atoms with E-state index in [1.54, 1.807) is 0 Å². The highest BCUT2D eigenvalue weighted by Gasteiger charge is 2.07. The van der Waals surface area contributed by atoms with Crippen LogP contribution in [0.25, 0.3) is 0 Å². The average Bonchev–Trinajstić information content (AvgIpc) is 2.49. The van der Waals surface area contributed by atoms with E-state index in [0.29, 0.717) is 6.42 Å². The molecule has 21 heavy (non-hydrogen) atoms. The van der Waals surface area contributed by atoms with Crippen molar-refractivity contribution in [3.63, 3.8) is 0 Å². The number of rotatable bonds is 5. The van der Waals surface area contributed by atoms with Crippen LogP contribution in [0.4, 0.5) is 5.69 Å². The van der Waals surface area contributed by atoms with Crippen LogP contribution in [-0.2, 0) is 6.54 Å². The third kappa shape index (κ3) is 4.61. The van der Waals surface area contributed by atoms with E-state index in [2.05, 4.69) is 43.1 Å². The number of halogens is 1. The second-order valence-electron chi connectivity index (χ2n) is 5.17. The zero-order valence-electron chi connectivity index (χ0n) is 12.8. The molecular weight excluding hydrogens is 282 g/mol. The number of anilines is 1. The van der Waals surface area contributed by atoms with Crippen LogP contribution in [0, 0.1) is 6.92 Å².